The summed E-state index contributed by atoms with van der Waals surface area (Å²) in [4.78, 5) is 0. The average molecular weight is 343 g/mol. The maximum Gasteiger partial charge on any atom is 0.00612 e. The molecule has 0 saturated heterocycles. The van der Waals surface area contributed by atoms with Crippen molar-refractivity contribution in [2.45, 2.75) is 51.9 Å². The Kier molecular flexibility index (Phi) is 5.93. The zero-order chi connectivity index (χ0) is 18.5. The van der Waals surface area contributed by atoms with Crippen LogP contribution in [0.15, 0.2) is 78.9 Å². The molecule has 3 aromatic carbocycles. The average Bonchev–Trinajstić information content (AvgIpc) is 2.73. The highest BCUT2D eigenvalue weighted by Crippen LogP contribution is 2.33. The molecule has 0 N–H and O–H groups in total. The van der Waals surface area contributed by atoms with E-state index in [2.05, 4.69) is 107 Å². The van der Waals surface area contributed by atoms with Gasteiger partial charge in [0.15, 0.2) is 0 Å². The van der Waals surface area contributed by atoms with E-state index in [1.54, 1.807) is 0 Å². The molecular weight excluding hydrogens is 312 g/mol. The van der Waals surface area contributed by atoms with Crippen molar-refractivity contribution in [2.75, 3.05) is 0 Å². The van der Waals surface area contributed by atoms with Crippen LogP contribution in [0.4, 0.5) is 0 Å². The van der Waals surface area contributed by atoms with E-state index < -0.39 is 0 Å². The molecule has 0 amide bonds. The van der Waals surface area contributed by atoms with Crippen LogP contribution in [0.25, 0.3) is 0 Å². The summed E-state index contributed by atoms with van der Waals surface area (Å²) in [6.45, 7) is 9.26. The third-order valence-corrected chi connectivity index (χ3v) is 5.78. The fraction of sp³-hybridized carbons (Fsp3) is 0.308. The first kappa shape index (κ1) is 18.5. The van der Waals surface area contributed by atoms with E-state index in [1.807, 2.05) is 0 Å². The smallest absolute Gasteiger partial charge is 0.00612 e. The van der Waals surface area contributed by atoms with Gasteiger partial charge in [0.25, 0.3) is 0 Å². The number of hydrogen-bond donors (Lipinski definition) is 0. The van der Waals surface area contributed by atoms with Gasteiger partial charge in [-0.15, -0.1) is 0 Å². The summed E-state index contributed by atoms with van der Waals surface area (Å²) in [7, 11) is 0. The van der Waals surface area contributed by atoms with Gasteiger partial charge in [0.1, 0.15) is 0 Å². The first-order valence-electron chi connectivity index (χ1n) is 9.84. The molecule has 0 fully saturated rings. The van der Waals surface area contributed by atoms with E-state index >= 15 is 0 Å². The highest BCUT2D eigenvalue weighted by Gasteiger charge is 2.16. The molecule has 0 aliphatic rings. The summed E-state index contributed by atoms with van der Waals surface area (Å²) >= 11 is 0. The van der Waals surface area contributed by atoms with Gasteiger partial charge in [0, 0.05) is 11.8 Å². The van der Waals surface area contributed by atoms with Crippen LogP contribution in [0.3, 0.4) is 0 Å². The molecule has 0 saturated carbocycles. The van der Waals surface area contributed by atoms with Crippen LogP contribution in [0.5, 0.6) is 0 Å². The molecule has 3 rings (SSSR count). The molecule has 3 atom stereocenters. The highest BCUT2D eigenvalue weighted by atomic mass is 14.2. The Bertz CT molecular complexity index is 753. The second-order valence-corrected chi connectivity index (χ2v) is 7.51. The monoisotopic (exact) mass is 342 g/mol. The van der Waals surface area contributed by atoms with Crippen molar-refractivity contribution < 1.29 is 0 Å². The fourth-order valence-corrected chi connectivity index (χ4v) is 3.59. The number of rotatable bonds is 6. The quantitative estimate of drug-likeness (QED) is 0.435. The van der Waals surface area contributed by atoms with Gasteiger partial charge in [-0.2, -0.15) is 0 Å². The van der Waals surface area contributed by atoms with Gasteiger partial charge in [-0.25, -0.2) is 0 Å². The highest BCUT2D eigenvalue weighted by molar-refractivity contribution is 5.42. The lowest BCUT2D eigenvalue weighted by Crippen LogP contribution is -2.04. The molecule has 3 aromatic rings. The van der Waals surface area contributed by atoms with Crippen molar-refractivity contribution in [3.8, 4) is 0 Å². The van der Waals surface area contributed by atoms with Gasteiger partial charge in [0.05, 0.1) is 0 Å². The van der Waals surface area contributed by atoms with Gasteiger partial charge in [-0.05, 0) is 40.2 Å². The second-order valence-electron chi connectivity index (χ2n) is 7.51. The third kappa shape index (κ3) is 4.07. The summed E-state index contributed by atoms with van der Waals surface area (Å²) in [5.41, 5.74) is 7.07. The van der Waals surface area contributed by atoms with E-state index in [0.717, 1.165) is 0 Å². The molecule has 0 bridgehead atoms. The molecule has 0 aromatic heterocycles. The number of benzene rings is 3. The van der Waals surface area contributed by atoms with Crippen LogP contribution < -0.4 is 0 Å². The molecule has 26 heavy (non-hydrogen) atoms. The zero-order valence-corrected chi connectivity index (χ0v) is 16.4. The zero-order valence-electron chi connectivity index (χ0n) is 16.4. The minimum absolute atomic E-state index is 0.405. The van der Waals surface area contributed by atoms with Crippen LogP contribution in [0.2, 0.25) is 0 Å². The van der Waals surface area contributed by atoms with Crippen molar-refractivity contribution in [3.63, 3.8) is 0 Å². The number of hydrogen-bond acceptors (Lipinski definition) is 0. The molecule has 0 aliphatic heterocycles. The standard InChI is InChI=1S/C26H30/c1-5-19(2)24-16-25(20(3)22-12-8-6-9-13-22)18-26(17-24)21(4)23-14-10-7-11-15-23/h6-21H,5H2,1-4H3. The van der Waals surface area contributed by atoms with Crippen LogP contribution in [0, 0.1) is 0 Å². The Morgan fingerprint density at radius 2 is 0.923 bits per heavy atom. The van der Waals surface area contributed by atoms with Crippen LogP contribution >= 0.6 is 0 Å². The lowest BCUT2D eigenvalue weighted by molar-refractivity contribution is 0.726. The van der Waals surface area contributed by atoms with Gasteiger partial charge in [-0.1, -0.05) is 107 Å². The minimum atomic E-state index is 0.405. The van der Waals surface area contributed by atoms with Crippen LogP contribution in [0.1, 0.15) is 79.7 Å². The first-order valence-corrected chi connectivity index (χ1v) is 9.84. The normalized spacial score (nSPS) is 14.6. The fourth-order valence-electron chi connectivity index (χ4n) is 3.59. The van der Waals surface area contributed by atoms with Crippen molar-refractivity contribution in [1.82, 2.24) is 0 Å². The molecule has 0 radical (unpaired) electrons. The van der Waals surface area contributed by atoms with E-state index in [4.69, 9.17) is 0 Å². The van der Waals surface area contributed by atoms with Crippen LogP contribution in [-0.4, -0.2) is 0 Å². The van der Waals surface area contributed by atoms with E-state index in [9.17, 15) is 0 Å². The Morgan fingerprint density at radius 3 is 1.31 bits per heavy atom. The van der Waals surface area contributed by atoms with Crippen molar-refractivity contribution >= 4 is 0 Å². The Labute approximate surface area is 158 Å². The molecule has 134 valence electrons. The van der Waals surface area contributed by atoms with E-state index in [1.165, 1.54) is 34.2 Å². The second kappa shape index (κ2) is 8.36. The maximum atomic E-state index is 2.42. The van der Waals surface area contributed by atoms with E-state index in [0.29, 0.717) is 17.8 Å². The van der Waals surface area contributed by atoms with Gasteiger partial charge in [0.2, 0.25) is 0 Å². The van der Waals surface area contributed by atoms with E-state index in [-0.39, 0.29) is 0 Å². The van der Waals surface area contributed by atoms with Crippen molar-refractivity contribution in [3.05, 3.63) is 107 Å². The lowest BCUT2D eigenvalue weighted by atomic mass is 9.83. The minimum Gasteiger partial charge on any atom is -0.0648 e. The molecular formula is C26H30. The molecule has 0 heteroatoms. The predicted molar refractivity (Wildman–Crippen MR) is 113 cm³/mol. The summed E-state index contributed by atoms with van der Waals surface area (Å²) in [6.07, 6.45) is 1.17. The first-order chi connectivity index (χ1) is 12.6. The molecule has 3 unspecified atom stereocenters. The topological polar surface area (TPSA) is 0 Å². The summed E-state index contributed by atoms with van der Waals surface area (Å²) in [5, 5.41) is 0. The van der Waals surface area contributed by atoms with Gasteiger partial charge in [-0.3, -0.25) is 0 Å². The van der Waals surface area contributed by atoms with Gasteiger partial charge >= 0.3 is 0 Å². The van der Waals surface area contributed by atoms with Crippen molar-refractivity contribution in [1.29, 1.82) is 0 Å². The largest absolute Gasteiger partial charge is 0.0648 e. The molecule has 0 spiro atoms. The van der Waals surface area contributed by atoms with Crippen molar-refractivity contribution in [2.24, 2.45) is 0 Å². The summed E-state index contributed by atoms with van der Waals surface area (Å²) < 4.78 is 0. The Balaban J connectivity index is 2.04. The third-order valence-electron chi connectivity index (χ3n) is 5.78. The molecule has 0 nitrogen and oxygen atoms in total. The molecule has 0 heterocycles. The van der Waals surface area contributed by atoms with Gasteiger partial charge < -0.3 is 0 Å². The molecule has 0 aliphatic carbocycles. The SMILES string of the molecule is CCC(C)c1cc(C(C)c2ccccc2)cc(C(C)c2ccccc2)c1. The Hall–Kier alpha value is -2.34. The lowest BCUT2D eigenvalue weighted by Gasteiger charge is -2.21. The Morgan fingerprint density at radius 1 is 0.538 bits per heavy atom. The summed E-state index contributed by atoms with van der Waals surface area (Å²) in [6, 6.07) is 28.9. The van der Waals surface area contributed by atoms with Crippen LogP contribution in [-0.2, 0) is 0 Å². The summed E-state index contributed by atoms with van der Waals surface area (Å²) in [5.74, 6) is 1.39. The maximum absolute atomic E-state index is 2.42. The predicted octanol–water partition coefficient (Wildman–Crippen LogP) is 7.50.